The number of hydrogen-bond acceptors (Lipinski definition) is 2. The van der Waals surface area contributed by atoms with Gasteiger partial charge in [-0.25, -0.2) is 0 Å². The van der Waals surface area contributed by atoms with Gasteiger partial charge in [-0.15, -0.1) is 0 Å². The van der Waals surface area contributed by atoms with Crippen molar-refractivity contribution >= 4 is 23.4 Å². The van der Waals surface area contributed by atoms with E-state index < -0.39 is 0 Å². The Morgan fingerprint density at radius 2 is 2.04 bits per heavy atom. The summed E-state index contributed by atoms with van der Waals surface area (Å²) in [5.74, 6) is 0.373. The van der Waals surface area contributed by atoms with E-state index >= 15 is 0 Å². The van der Waals surface area contributed by atoms with Crippen LogP contribution in [-0.4, -0.2) is 35.8 Å². The van der Waals surface area contributed by atoms with Gasteiger partial charge in [0, 0.05) is 29.4 Å². The SMILES string of the molecule is O=C(NCC1(c2cccc(Cl)c2)CC1)C1CCCN1C(=O)C1CC1. The Bertz CT molecular complexity index is 667. The van der Waals surface area contributed by atoms with E-state index in [2.05, 4.69) is 11.4 Å². The summed E-state index contributed by atoms with van der Waals surface area (Å²) in [5, 5.41) is 3.85. The van der Waals surface area contributed by atoms with Gasteiger partial charge in [0.15, 0.2) is 0 Å². The predicted octanol–water partition coefficient (Wildman–Crippen LogP) is 2.89. The van der Waals surface area contributed by atoms with Crippen LogP contribution in [0.3, 0.4) is 0 Å². The first kappa shape index (κ1) is 15.9. The highest BCUT2D eigenvalue weighted by atomic mass is 35.5. The topological polar surface area (TPSA) is 49.4 Å². The highest BCUT2D eigenvalue weighted by Gasteiger charge is 2.46. The second kappa shape index (κ2) is 6.07. The lowest BCUT2D eigenvalue weighted by molar-refractivity contribution is -0.139. The third kappa shape index (κ3) is 3.04. The molecule has 3 aliphatic rings. The average Bonchev–Trinajstić information content (AvgIpc) is 3.50. The zero-order chi connectivity index (χ0) is 16.7. The highest BCUT2D eigenvalue weighted by molar-refractivity contribution is 6.30. The number of benzene rings is 1. The molecular weight excluding hydrogens is 324 g/mol. The predicted molar refractivity (Wildman–Crippen MR) is 92.8 cm³/mol. The van der Waals surface area contributed by atoms with Crippen molar-refractivity contribution in [3.8, 4) is 0 Å². The first-order valence-electron chi connectivity index (χ1n) is 8.93. The van der Waals surface area contributed by atoms with Crippen LogP contribution in [0.2, 0.25) is 5.02 Å². The smallest absolute Gasteiger partial charge is 0.242 e. The van der Waals surface area contributed by atoms with Crippen molar-refractivity contribution in [1.82, 2.24) is 10.2 Å². The van der Waals surface area contributed by atoms with Gasteiger partial charge in [0.1, 0.15) is 6.04 Å². The molecule has 1 aromatic carbocycles. The highest BCUT2D eigenvalue weighted by Crippen LogP contribution is 2.48. The lowest BCUT2D eigenvalue weighted by Crippen LogP contribution is -2.48. The molecule has 0 radical (unpaired) electrons. The fourth-order valence-corrected chi connectivity index (χ4v) is 3.97. The normalized spacial score (nSPS) is 24.7. The van der Waals surface area contributed by atoms with Crippen LogP contribution in [0.1, 0.15) is 44.1 Å². The maximum atomic E-state index is 12.6. The van der Waals surface area contributed by atoms with Crippen LogP contribution in [0.25, 0.3) is 0 Å². The zero-order valence-corrected chi connectivity index (χ0v) is 14.5. The Hall–Kier alpha value is -1.55. The number of nitrogens with zero attached hydrogens (tertiary/aromatic N) is 1. The maximum absolute atomic E-state index is 12.6. The number of nitrogens with one attached hydrogen (secondary N) is 1. The molecule has 0 spiro atoms. The molecule has 2 amide bonds. The fraction of sp³-hybridized carbons (Fsp3) is 0.579. The first-order chi connectivity index (χ1) is 11.6. The standard InChI is InChI=1S/C19H23ClN2O2/c20-15-4-1-3-14(11-15)19(8-9-19)12-21-17(23)16-5-2-10-22(16)18(24)13-6-7-13/h1,3-4,11,13,16H,2,5-10,12H2,(H,21,23). The van der Waals surface area contributed by atoms with E-state index in [0.29, 0.717) is 6.54 Å². The lowest BCUT2D eigenvalue weighted by atomic mass is 9.96. The monoisotopic (exact) mass is 346 g/mol. The van der Waals surface area contributed by atoms with Crippen LogP contribution in [0.4, 0.5) is 0 Å². The van der Waals surface area contributed by atoms with Gasteiger partial charge in [-0.1, -0.05) is 23.7 Å². The van der Waals surface area contributed by atoms with Crippen LogP contribution in [0.5, 0.6) is 0 Å². The van der Waals surface area contributed by atoms with Gasteiger partial charge in [0.25, 0.3) is 0 Å². The summed E-state index contributed by atoms with van der Waals surface area (Å²) in [5.41, 5.74) is 1.23. The molecule has 2 saturated carbocycles. The minimum absolute atomic E-state index is 0.00908. The van der Waals surface area contributed by atoms with Crippen molar-refractivity contribution in [3.63, 3.8) is 0 Å². The van der Waals surface area contributed by atoms with E-state index in [4.69, 9.17) is 11.6 Å². The van der Waals surface area contributed by atoms with Gasteiger partial charge < -0.3 is 10.2 Å². The number of rotatable bonds is 5. The number of carbonyl (C=O) groups excluding carboxylic acids is 2. The van der Waals surface area contributed by atoms with Crippen LogP contribution in [0, 0.1) is 5.92 Å². The Morgan fingerprint density at radius 3 is 2.71 bits per heavy atom. The second-order valence-corrected chi connectivity index (χ2v) is 7.91. The van der Waals surface area contributed by atoms with E-state index in [1.54, 1.807) is 0 Å². The van der Waals surface area contributed by atoms with Crippen molar-refractivity contribution in [2.45, 2.75) is 50.0 Å². The molecule has 4 rings (SSSR count). The summed E-state index contributed by atoms with van der Waals surface area (Å²) >= 11 is 6.10. The first-order valence-corrected chi connectivity index (χ1v) is 9.31. The van der Waals surface area contributed by atoms with Gasteiger partial charge in [0.05, 0.1) is 0 Å². The van der Waals surface area contributed by atoms with Crippen LogP contribution >= 0.6 is 11.6 Å². The van der Waals surface area contributed by atoms with Gasteiger partial charge in [0.2, 0.25) is 11.8 Å². The number of amides is 2. The maximum Gasteiger partial charge on any atom is 0.242 e. The molecule has 24 heavy (non-hydrogen) atoms. The molecule has 1 heterocycles. The van der Waals surface area contributed by atoms with Gasteiger partial charge in [-0.2, -0.15) is 0 Å². The molecule has 1 unspecified atom stereocenters. The van der Waals surface area contributed by atoms with E-state index in [0.717, 1.165) is 50.1 Å². The number of likely N-dealkylation sites (tertiary alicyclic amines) is 1. The molecule has 3 fully saturated rings. The molecule has 0 bridgehead atoms. The summed E-state index contributed by atoms with van der Waals surface area (Å²) in [6.07, 6.45) is 5.83. The molecule has 0 aromatic heterocycles. The summed E-state index contributed by atoms with van der Waals surface area (Å²) in [6.45, 7) is 1.36. The van der Waals surface area contributed by atoms with Gasteiger partial charge >= 0.3 is 0 Å². The molecular formula is C19H23ClN2O2. The number of halogens is 1. The number of carbonyl (C=O) groups is 2. The Kier molecular flexibility index (Phi) is 4.03. The molecule has 5 heteroatoms. The van der Waals surface area contributed by atoms with Crippen LogP contribution in [-0.2, 0) is 15.0 Å². The van der Waals surface area contributed by atoms with Gasteiger partial charge in [-0.05, 0) is 56.2 Å². The van der Waals surface area contributed by atoms with Crippen molar-refractivity contribution in [1.29, 1.82) is 0 Å². The average molecular weight is 347 g/mol. The molecule has 1 aliphatic heterocycles. The molecule has 1 saturated heterocycles. The van der Waals surface area contributed by atoms with Crippen molar-refractivity contribution in [3.05, 3.63) is 34.9 Å². The zero-order valence-electron chi connectivity index (χ0n) is 13.8. The molecule has 4 nitrogen and oxygen atoms in total. The van der Waals surface area contributed by atoms with Crippen LogP contribution in [0.15, 0.2) is 24.3 Å². The van der Waals surface area contributed by atoms with E-state index in [-0.39, 0.29) is 29.2 Å². The summed E-state index contributed by atoms with van der Waals surface area (Å²) in [6, 6.07) is 7.66. The largest absolute Gasteiger partial charge is 0.353 e. The Balaban J connectivity index is 1.38. The van der Waals surface area contributed by atoms with Gasteiger partial charge in [-0.3, -0.25) is 9.59 Å². The Morgan fingerprint density at radius 1 is 1.25 bits per heavy atom. The third-order valence-corrected chi connectivity index (χ3v) is 5.89. The molecule has 1 atom stereocenters. The molecule has 1 aromatic rings. The van der Waals surface area contributed by atoms with Crippen molar-refractivity contribution in [2.24, 2.45) is 5.92 Å². The molecule has 1 N–H and O–H groups in total. The van der Waals surface area contributed by atoms with Crippen molar-refractivity contribution in [2.75, 3.05) is 13.1 Å². The lowest BCUT2D eigenvalue weighted by Gasteiger charge is -2.25. The van der Waals surface area contributed by atoms with E-state index in [1.807, 2.05) is 23.1 Å². The second-order valence-electron chi connectivity index (χ2n) is 7.47. The van der Waals surface area contributed by atoms with E-state index in [1.165, 1.54) is 5.56 Å². The minimum atomic E-state index is -0.270. The minimum Gasteiger partial charge on any atom is -0.353 e. The Labute approximate surface area is 147 Å². The quantitative estimate of drug-likeness (QED) is 0.891. The summed E-state index contributed by atoms with van der Waals surface area (Å²) < 4.78 is 0. The van der Waals surface area contributed by atoms with Crippen LogP contribution < -0.4 is 5.32 Å². The molecule has 128 valence electrons. The number of hydrogen-bond donors (Lipinski definition) is 1. The fourth-order valence-electron chi connectivity index (χ4n) is 3.78. The molecule has 2 aliphatic carbocycles. The van der Waals surface area contributed by atoms with E-state index in [9.17, 15) is 9.59 Å². The summed E-state index contributed by atoms with van der Waals surface area (Å²) in [7, 11) is 0. The van der Waals surface area contributed by atoms with Crippen molar-refractivity contribution < 1.29 is 9.59 Å². The third-order valence-electron chi connectivity index (χ3n) is 5.66. The summed E-state index contributed by atoms with van der Waals surface area (Å²) in [4.78, 5) is 26.8.